The summed E-state index contributed by atoms with van der Waals surface area (Å²) in [4.78, 5) is 22.4. The molecule has 0 saturated heterocycles. The van der Waals surface area contributed by atoms with Crippen molar-refractivity contribution in [2.75, 3.05) is 6.61 Å². The lowest BCUT2D eigenvalue weighted by atomic mass is 10.1. The number of Topliss-reactive ketones (excluding diaryl/α,β-unsaturated/α-hetero) is 1. The third-order valence-electron chi connectivity index (χ3n) is 1.69. The highest BCUT2D eigenvalue weighted by atomic mass is 35.5. The fraction of sp³-hybridized carbons (Fsp3) is 0.200. The zero-order valence-corrected chi connectivity index (χ0v) is 8.98. The number of hydrogen-bond donors (Lipinski definition) is 0. The van der Waals surface area contributed by atoms with Crippen molar-refractivity contribution in [3.63, 3.8) is 0 Å². The van der Waals surface area contributed by atoms with Crippen molar-refractivity contribution in [2.24, 2.45) is 0 Å². The van der Waals surface area contributed by atoms with Gasteiger partial charge in [-0.15, -0.1) is 0 Å². The first-order chi connectivity index (χ1) is 7.47. The van der Waals surface area contributed by atoms with Gasteiger partial charge in [0.2, 0.25) is 0 Å². The van der Waals surface area contributed by atoms with E-state index in [1.807, 2.05) is 0 Å². The molecule has 0 heterocycles. The van der Waals surface area contributed by atoms with Crippen molar-refractivity contribution in [3.05, 3.63) is 34.4 Å². The fourth-order valence-corrected chi connectivity index (χ4v) is 1.34. The van der Waals surface area contributed by atoms with E-state index in [0.29, 0.717) is 6.07 Å². The lowest BCUT2D eigenvalue weighted by Crippen LogP contribution is -2.19. The number of hydrogen-bond acceptors (Lipinski definition) is 3. The molecule has 0 saturated carbocycles. The molecule has 0 unspecified atom stereocenters. The maximum atomic E-state index is 13.2. The summed E-state index contributed by atoms with van der Waals surface area (Å²) in [5, 5.41) is -0.462. The van der Waals surface area contributed by atoms with Gasteiger partial charge in [0.05, 0.1) is 17.2 Å². The summed E-state index contributed by atoms with van der Waals surface area (Å²) in [7, 11) is 0. The van der Waals surface area contributed by atoms with Gasteiger partial charge in [-0.1, -0.05) is 11.6 Å². The molecule has 0 atom stereocenters. The molecule has 6 heteroatoms. The summed E-state index contributed by atoms with van der Waals surface area (Å²) in [6.45, 7) is 1.47. The van der Waals surface area contributed by atoms with Crippen molar-refractivity contribution < 1.29 is 23.1 Å². The molecular formula is C10H7ClF2O3. The summed E-state index contributed by atoms with van der Waals surface area (Å²) in [6.07, 6.45) is 0. The molecule has 0 fully saturated rings. The van der Waals surface area contributed by atoms with Crippen LogP contribution >= 0.6 is 11.6 Å². The summed E-state index contributed by atoms with van der Waals surface area (Å²) >= 11 is 5.47. The van der Waals surface area contributed by atoms with E-state index >= 15 is 0 Å². The van der Waals surface area contributed by atoms with E-state index < -0.39 is 34.0 Å². The molecule has 0 bridgehead atoms. The van der Waals surface area contributed by atoms with Crippen LogP contribution in [-0.4, -0.2) is 18.4 Å². The SMILES string of the molecule is CCOC(=O)C(=O)c1c(F)cc(F)cc1Cl. The topological polar surface area (TPSA) is 43.4 Å². The largest absolute Gasteiger partial charge is 0.460 e. The Morgan fingerprint density at radius 3 is 2.50 bits per heavy atom. The van der Waals surface area contributed by atoms with E-state index in [-0.39, 0.29) is 6.61 Å². The van der Waals surface area contributed by atoms with Crippen LogP contribution in [0, 0.1) is 11.6 Å². The molecule has 0 aliphatic heterocycles. The molecule has 1 aromatic rings. The second-order valence-corrected chi connectivity index (χ2v) is 3.20. The van der Waals surface area contributed by atoms with Gasteiger partial charge in [0.25, 0.3) is 5.78 Å². The number of benzene rings is 1. The molecule has 0 spiro atoms. The lowest BCUT2D eigenvalue weighted by Gasteiger charge is -2.04. The Kier molecular flexibility index (Phi) is 3.95. The molecule has 1 rings (SSSR count). The number of carbonyl (C=O) groups is 2. The van der Waals surface area contributed by atoms with Crippen molar-refractivity contribution >= 4 is 23.4 Å². The number of ketones is 1. The smallest absolute Gasteiger partial charge is 0.379 e. The molecule has 16 heavy (non-hydrogen) atoms. The van der Waals surface area contributed by atoms with Crippen LogP contribution in [0.1, 0.15) is 17.3 Å². The van der Waals surface area contributed by atoms with Gasteiger partial charge in [-0.2, -0.15) is 0 Å². The number of esters is 1. The monoisotopic (exact) mass is 248 g/mol. The minimum absolute atomic E-state index is 0.0228. The molecule has 0 aliphatic rings. The molecule has 0 radical (unpaired) electrons. The highest BCUT2D eigenvalue weighted by Gasteiger charge is 2.24. The Morgan fingerprint density at radius 2 is 2.00 bits per heavy atom. The predicted octanol–water partition coefficient (Wildman–Crippen LogP) is 2.36. The summed E-state index contributed by atoms with van der Waals surface area (Å²) in [5.41, 5.74) is -0.679. The van der Waals surface area contributed by atoms with E-state index in [2.05, 4.69) is 4.74 Å². The normalized spacial score (nSPS) is 10.0. The lowest BCUT2D eigenvalue weighted by molar-refractivity contribution is -0.137. The first kappa shape index (κ1) is 12.6. The number of carbonyl (C=O) groups excluding carboxylic acids is 2. The highest BCUT2D eigenvalue weighted by Crippen LogP contribution is 2.21. The van der Waals surface area contributed by atoms with E-state index in [1.165, 1.54) is 6.92 Å². The predicted molar refractivity (Wildman–Crippen MR) is 52.3 cm³/mol. The number of ether oxygens (including phenoxy) is 1. The standard InChI is InChI=1S/C10H7ClF2O3/c1-2-16-10(15)9(14)8-6(11)3-5(12)4-7(8)13/h3-4H,2H2,1H3. The zero-order valence-electron chi connectivity index (χ0n) is 8.22. The number of rotatable bonds is 3. The third-order valence-corrected chi connectivity index (χ3v) is 1.99. The highest BCUT2D eigenvalue weighted by molar-refractivity contribution is 6.45. The van der Waals surface area contributed by atoms with Gasteiger partial charge in [-0.25, -0.2) is 13.6 Å². The zero-order chi connectivity index (χ0) is 12.3. The van der Waals surface area contributed by atoms with Gasteiger partial charge in [-0.05, 0) is 13.0 Å². The quantitative estimate of drug-likeness (QED) is 0.469. The Balaban J connectivity index is 3.14. The van der Waals surface area contributed by atoms with Crippen LogP contribution in [0.3, 0.4) is 0 Å². The van der Waals surface area contributed by atoms with Crippen LogP contribution in [0.25, 0.3) is 0 Å². The average molecular weight is 249 g/mol. The van der Waals surface area contributed by atoms with Crippen LogP contribution in [0.2, 0.25) is 5.02 Å². The van der Waals surface area contributed by atoms with Crippen molar-refractivity contribution in [3.8, 4) is 0 Å². The van der Waals surface area contributed by atoms with Crippen LogP contribution in [0.15, 0.2) is 12.1 Å². The molecular weight excluding hydrogens is 242 g/mol. The minimum Gasteiger partial charge on any atom is -0.460 e. The van der Waals surface area contributed by atoms with Gasteiger partial charge in [0, 0.05) is 6.07 Å². The maximum Gasteiger partial charge on any atom is 0.379 e. The van der Waals surface area contributed by atoms with E-state index in [4.69, 9.17) is 11.6 Å². The Bertz CT molecular complexity index is 423. The second kappa shape index (κ2) is 5.03. The molecule has 0 aliphatic carbocycles. The van der Waals surface area contributed by atoms with Gasteiger partial charge in [0.15, 0.2) is 0 Å². The van der Waals surface area contributed by atoms with E-state index in [0.717, 1.165) is 6.07 Å². The third kappa shape index (κ3) is 2.55. The number of halogens is 3. The Morgan fingerprint density at radius 1 is 1.38 bits per heavy atom. The summed E-state index contributed by atoms with van der Waals surface area (Å²) in [6, 6.07) is 1.22. The van der Waals surface area contributed by atoms with Gasteiger partial charge >= 0.3 is 5.97 Å². The van der Waals surface area contributed by atoms with Gasteiger partial charge in [0.1, 0.15) is 11.6 Å². The second-order valence-electron chi connectivity index (χ2n) is 2.79. The van der Waals surface area contributed by atoms with Crippen molar-refractivity contribution in [2.45, 2.75) is 6.92 Å². The average Bonchev–Trinajstić information content (AvgIpc) is 2.16. The first-order valence-electron chi connectivity index (χ1n) is 4.33. The molecule has 0 N–H and O–H groups in total. The molecule has 0 aromatic heterocycles. The van der Waals surface area contributed by atoms with Crippen molar-refractivity contribution in [1.29, 1.82) is 0 Å². The maximum absolute atomic E-state index is 13.2. The van der Waals surface area contributed by atoms with E-state index in [9.17, 15) is 18.4 Å². The molecule has 86 valence electrons. The van der Waals surface area contributed by atoms with E-state index in [1.54, 1.807) is 0 Å². The molecule has 3 nitrogen and oxygen atoms in total. The van der Waals surface area contributed by atoms with Gasteiger partial charge < -0.3 is 4.74 Å². The summed E-state index contributed by atoms with van der Waals surface area (Å²) in [5.74, 6) is -4.58. The van der Waals surface area contributed by atoms with Crippen LogP contribution in [0.5, 0.6) is 0 Å². The summed E-state index contributed by atoms with van der Waals surface area (Å²) < 4.78 is 30.3. The minimum atomic E-state index is -1.23. The van der Waals surface area contributed by atoms with Crippen LogP contribution in [-0.2, 0) is 9.53 Å². The molecule has 0 amide bonds. The Labute approximate surface area is 95.0 Å². The van der Waals surface area contributed by atoms with Crippen LogP contribution < -0.4 is 0 Å². The first-order valence-corrected chi connectivity index (χ1v) is 4.71. The molecule has 1 aromatic carbocycles. The fourth-order valence-electron chi connectivity index (χ4n) is 1.06. The van der Waals surface area contributed by atoms with Crippen molar-refractivity contribution in [1.82, 2.24) is 0 Å². The Hall–Kier alpha value is -1.49. The van der Waals surface area contributed by atoms with Gasteiger partial charge in [-0.3, -0.25) is 4.79 Å². The van der Waals surface area contributed by atoms with Crippen LogP contribution in [0.4, 0.5) is 8.78 Å².